The largest absolute Gasteiger partial charge is 0.489 e. The van der Waals surface area contributed by atoms with Crippen molar-refractivity contribution in [2.75, 3.05) is 13.7 Å². The van der Waals surface area contributed by atoms with Crippen LogP contribution in [-0.4, -0.2) is 25.7 Å². The Balaban J connectivity index is 1.92. The van der Waals surface area contributed by atoms with Gasteiger partial charge in [0.05, 0.1) is 19.3 Å². The van der Waals surface area contributed by atoms with Crippen molar-refractivity contribution >= 4 is 11.9 Å². The van der Waals surface area contributed by atoms with Gasteiger partial charge in [-0.3, -0.25) is 4.79 Å². The molecule has 0 saturated heterocycles. The summed E-state index contributed by atoms with van der Waals surface area (Å²) >= 11 is 0. The summed E-state index contributed by atoms with van der Waals surface area (Å²) in [6.45, 7) is 2.47. The SMILES string of the molecule is CCOC(=O)CCc1ccc(OCc2ccccc2C(=O)OC)cc1. The fraction of sp³-hybridized carbons (Fsp3) is 0.300. The van der Waals surface area contributed by atoms with Gasteiger partial charge in [0.25, 0.3) is 0 Å². The zero-order valence-electron chi connectivity index (χ0n) is 14.5. The molecule has 0 N–H and O–H groups in total. The van der Waals surface area contributed by atoms with Crippen LogP contribution in [0.2, 0.25) is 0 Å². The molecule has 0 aliphatic carbocycles. The maximum atomic E-state index is 11.7. The Morgan fingerprint density at radius 1 is 1.00 bits per heavy atom. The summed E-state index contributed by atoms with van der Waals surface area (Å²) in [7, 11) is 1.36. The van der Waals surface area contributed by atoms with Gasteiger partial charge in [0.1, 0.15) is 12.4 Å². The first-order valence-electron chi connectivity index (χ1n) is 8.17. The molecule has 0 saturated carbocycles. The number of methoxy groups -OCH3 is 1. The van der Waals surface area contributed by atoms with Crippen molar-refractivity contribution in [3.05, 3.63) is 65.2 Å². The van der Waals surface area contributed by atoms with Gasteiger partial charge < -0.3 is 14.2 Å². The molecule has 0 amide bonds. The van der Waals surface area contributed by atoms with Crippen LogP contribution in [0.4, 0.5) is 0 Å². The molecule has 2 aromatic carbocycles. The van der Waals surface area contributed by atoms with Crippen molar-refractivity contribution < 1.29 is 23.8 Å². The van der Waals surface area contributed by atoms with Crippen molar-refractivity contribution in [1.29, 1.82) is 0 Å². The molecular weight excluding hydrogens is 320 g/mol. The third kappa shape index (κ3) is 5.64. The van der Waals surface area contributed by atoms with Gasteiger partial charge in [-0.1, -0.05) is 30.3 Å². The first-order valence-corrected chi connectivity index (χ1v) is 8.17. The summed E-state index contributed by atoms with van der Waals surface area (Å²) < 4.78 is 15.4. The van der Waals surface area contributed by atoms with Crippen LogP contribution in [0.5, 0.6) is 5.75 Å². The van der Waals surface area contributed by atoms with E-state index in [0.29, 0.717) is 30.8 Å². The highest BCUT2D eigenvalue weighted by Gasteiger charge is 2.11. The average molecular weight is 342 g/mol. The number of esters is 2. The summed E-state index contributed by atoms with van der Waals surface area (Å²) in [6.07, 6.45) is 0.991. The fourth-order valence-electron chi connectivity index (χ4n) is 2.35. The Hall–Kier alpha value is -2.82. The Morgan fingerprint density at radius 3 is 2.40 bits per heavy atom. The molecule has 0 spiro atoms. The minimum Gasteiger partial charge on any atom is -0.489 e. The third-order valence-corrected chi connectivity index (χ3v) is 3.66. The lowest BCUT2D eigenvalue weighted by atomic mass is 10.1. The summed E-state index contributed by atoms with van der Waals surface area (Å²) in [6, 6.07) is 14.7. The molecule has 2 aromatic rings. The number of rotatable bonds is 8. The third-order valence-electron chi connectivity index (χ3n) is 3.66. The first kappa shape index (κ1) is 18.5. The van der Waals surface area contributed by atoms with E-state index in [2.05, 4.69) is 0 Å². The van der Waals surface area contributed by atoms with Crippen LogP contribution in [0.3, 0.4) is 0 Å². The second-order valence-electron chi connectivity index (χ2n) is 5.39. The normalized spacial score (nSPS) is 10.2. The minimum atomic E-state index is -0.381. The lowest BCUT2D eigenvalue weighted by molar-refractivity contribution is -0.143. The van der Waals surface area contributed by atoms with Crippen LogP contribution in [0.1, 0.15) is 34.8 Å². The highest BCUT2D eigenvalue weighted by molar-refractivity contribution is 5.90. The van der Waals surface area contributed by atoms with E-state index in [1.54, 1.807) is 19.1 Å². The molecule has 0 aliphatic rings. The van der Waals surface area contributed by atoms with Gasteiger partial charge in [-0.05, 0) is 37.1 Å². The minimum absolute atomic E-state index is 0.192. The summed E-state index contributed by atoms with van der Waals surface area (Å²) in [5.74, 6) is 0.121. The topological polar surface area (TPSA) is 61.8 Å². The van der Waals surface area contributed by atoms with Crippen LogP contribution < -0.4 is 4.74 Å². The molecule has 0 radical (unpaired) electrons. The summed E-state index contributed by atoms with van der Waals surface area (Å²) in [5.41, 5.74) is 2.30. The molecule has 0 bridgehead atoms. The Bertz CT molecular complexity index is 706. The van der Waals surface area contributed by atoms with Crippen LogP contribution in [-0.2, 0) is 27.3 Å². The smallest absolute Gasteiger partial charge is 0.338 e. The van der Waals surface area contributed by atoms with Crippen molar-refractivity contribution in [1.82, 2.24) is 0 Å². The predicted molar refractivity (Wildman–Crippen MR) is 93.5 cm³/mol. The average Bonchev–Trinajstić information content (AvgIpc) is 2.65. The standard InChI is InChI=1S/C20H22O5/c1-3-24-19(21)13-10-15-8-11-17(12-9-15)25-14-16-6-4-5-7-18(16)20(22)23-2/h4-9,11-12H,3,10,13-14H2,1-2H3. The summed E-state index contributed by atoms with van der Waals surface area (Å²) in [5, 5.41) is 0. The Kier molecular flexibility index (Phi) is 7.01. The number of carbonyl (C=O) groups excluding carboxylic acids is 2. The maximum Gasteiger partial charge on any atom is 0.338 e. The zero-order valence-corrected chi connectivity index (χ0v) is 14.5. The highest BCUT2D eigenvalue weighted by Crippen LogP contribution is 2.17. The predicted octanol–water partition coefficient (Wildman–Crippen LogP) is 3.55. The molecule has 0 atom stereocenters. The molecular formula is C20H22O5. The lowest BCUT2D eigenvalue weighted by Crippen LogP contribution is -2.07. The molecule has 0 aliphatic heterocycles. The van der Waals surface area contributed by atoms with Gasteiger partial charge in [-0.2, -0.15) is 0 Å². The molecule has 5 nitrogen and oxygen atoms in total. The van der Waals surface area contributed by atoms with Gasteiger partial charge in [0.2, 0.25) is 0 Å². The highest BCUT2D eigenvalue weighted by atomic mass is 16.5. The number of benzene rings is 2. The number of ether oxygens (including phenoxy) is 3. The van der Waals surface area contributed by atoms with Gasteiger partial charge >= 0.3 is 11.9 Å². The quantitative estimate of drug-likeness (QED) is 0.687. The van der Waals surface area contributed by atoms with E-state index in [9.17, 15) is 9.59 Å². The molecule has 0 fully saturated rings. The van der Waals surface area contributed by atoms with Crippen LogP contribution >= 0.6 is 0 Å². The van der Waals surface area contributed by atoms with Gasteiger partial charge in [0, 0.05) is 12.0 Å². The number of aryl methyl sites for hydroxylation is 1. The van der Waals surface area contributed by atoms with Crippen molar-refractivity contribution in [2.45, 2.75) is 26.4 Å². The van der Waals surface area contributed by atoms with E-state index >= 15 is 0 Å². The van der Waals surface area contributed by atoms with E-state index in [1.807, 2.05) is 36.4 Å². The van der Waals surface area contributed by atoms with Crippen molar-refractivity contribution in [3.63, 3.8) is 0 Å². The summed E-state index contributed by atoms with van der Waals surface area (Å²) in [4.78, 5) is 23.1. The van der Waals surface area contributed by atoms with Crippen LogP contribution in [0.15, 0.2) is 48.5 Å². The Labute approximate surface area is 147 Å². The number of carbonyl (C=O) groups is 2. The van der Waals surface area contributed by atoms with E-state index in [1.165, 1.54) is 7.11 Å². The molecule has 25 heavy (non-hydrogen) atoms. The van der Waals surface area contributed by atoms with Crippen LogP contribution in [0.25, 0.3) is 0 Å². The monoisotopic (exact) mass is 342 g/mol. The number of hydrogen-bond acceptors (Lipinski definition) is 5. The van der Waals surface area contributed by atoms with Gasteiger partial charge in [-0.15, -0.1) is 0 Å². The molecule has 132 valence electrons. The second kappa shape index (κ2) is 9.47. The van der Waals surface area contributed by atoms with E-state index in [-0.39, 0.29) is 18.5 Å². The molecule has 0 heterocycles. The zero-order chi connectivity index (χ0) is 18.1. The van der Waals surface area contributed by atoms with E-state index in [0.717, 1.165) is 11.1 Å². The van der Waals surface area contributed by atoms with E-state index < -0.39 is 0 Å². The lowest BCUT2D eigenvalue weighted by Gasteiger charge is -2.10. The number of hydrogen-bond donors (Lipinski definition) is 0. The molecule has 0 aromatic heterocycles. The fourth-order valence-corrected chi connectivity index (χ4v) is 2.35. The van der Waals surface area contributed by atoms with Crippen molar-refractivity contribution in [2.24, 2.45) is 0 Å². The second-order valence-corrected chi connectivity index (χ2v) is 5.39. The Morgan fingerprint density at radius 2 is 1.72 bits per heavy atom. The van der Waals surface area contributed by atoms with E-state index in [4.69, 9.17) is 14.2 Å². The van der Waals surface area contributed by atoms with Crippen molar-refractivity contribution in [3.8, 4) is 5.75 Å². The first-order chi connectivity index (χ1) is 12.1. The molecule has 0 unspecified atom stereocenters. The molecule has 2 rings (SSSR count). The molecule has 5 heteroatoms. The van der Waals surface area contributed by atoms with Crippen LogP contribution in [0, 0.1) is 0 Å². The van der Waals surface area contributed by atoms with Gasteiger partial charge in [0.15, 0.2) is 0 Å². The maximum absolute atomic E-state index is 11.7. The van der Waals surface area contributed by atoms with Gasteiger partial charge in [-0.25, -0.2) is 4.79 Å².